The van der Waals surface area contributed by atoms with Crippen LogP contribution in [0.25, 0.3) is 22.0 Å². The van der Waals surface area contributed by atoms with Crippen LogP contribution in [0.5, 0.6) is 0 Å². The third kappa shape index (κ3) is 3.96. The summed E-state index contributed by atoms with van der Waals surface area (Å²) in [5.74, 6) is 0.0237. The number of carbonyl (C=O) groups is 1. The van der Waals surface area contributed by atoms with E-state index in [0.717, 1.165) is 41.5 Å². The lowest BCUT2D eigenvalue weighted by Crippen LogP contribution is -2.39. The van der Waals surface area contributed by atoms with Crippen molar-refractivity contribution in [1.82, 2.24) is 9.88 Å². The Morgan fingerprint density at radius 2 is 2.14 bits per heavy atom. The summed E-state index contributed by atoms with van der Waals surface area (Å²) in [6.07, 6.45) is 4.13. The minimum atomic E-state index is 0.0237. The summed E-state index contributed by atoms with van der Waals surface area (Å²) < 4.78 is 11.0. The topological polar surface area (TPSA) is 54.6 Å². The third-order valence-corrected chi connectivity index (χ3v) is 5.32. The van der Waals surface area contributed by atoms with E-state index in [4.69, 9.17) is 9.47 Å². The Morgan fingerprint density at radius 3 is 2.96 bits per heavy atom. The molecule has 1 aromatic heterocycles. The second kappa shape index (κ2) is 8.59. The van der Waals surface area contributed by atoms with Crippen molar-refractivity contribution in [3.05, 3.63) is 60.3 Å². The van der Waals surface area contributed by atoms with Crippen molar-refractivity contribution in [2.45, 2.75) is 18.9 Å². The van der Waals surface area contributed by atoms with Crippen molar-refractivity contribution in [2.24, 2.45) is 0 Å². The van der Waals surface area contributed by atoms with Gasteiger partial charge < -0.3 is 19.4 Å². The van der Waals surface area contributed by atoms with Crippen LogP contribution in [0, 0.1) is 0 Å². The highest BCUT2D eigenvalue weighted by Gasteiger charge is 2.23. The number of H-pyrrole nitrogens is 1. The van der Waals surface area contributed by atoms with Crippen LogP contribution in [0.4, 0.5) is 0 Å². The van der Waals surface area contributed by atoms with Crippen LogP contribution in [-0.4, -0.2) is 55.3 Å². The maximum atomic E-state index is 13.2. The van der Waals surface area contributed by atoms with E-state index in [0.29, 0.717) is 25.3 Å². The highest BCUT2D eigenvalue weighted by atomic mass is 16.5. The summed E-state index contributed by atoms with van der Waals surface area (Å²) in [7, 11) is 1.66. The third-order valence-electron chi connectivity index (χ3n) is 5.32. The van der Waals surface area contributed by atoms with Gasteiger partial charge in [0.1, 0.15) is 0 Å². The van der Waals surface area contributed by atoms with Crippen LogP contribution in [0.15, 0.2) is 54.7 Å². The van der Waals surface area contributed by atoms with Gasteiger partial charge in [0.15, 0.2) is 0 Å². The van der Waals surface area contributed by atoms with E-state index in [1.54, 1.807) is 7.11 Å². The van der Waals surface area contributed by atoms with Crippen LogP contribution in [0.3, 0.4) is 0 Å². The average molecular weight is 378 g/mol. The van der Waals surface area contributed by atoms with Crippen molar-refractivity contribution >= 4 is 16.8 Å². The van der Waals surface area contributed by atoms with Crippen LogP contribution < -0.4 is 0 Å². The molecule has 0 spiro atoms. The number of ether oxygens (including phenoxy) is 2. The maximum absolute atomic E-state index is 13.2. The molecular weight excluding hydrogens is 352 g/mol. The van der Waals surface area contributed by atoms with Gasteiger partial charge in [0.25, 0.3) is 5.91 Å². The zero-order chi connectivity index (χ0) is 19.3. The van der Waals surface area contributed by atoms with E-state index < -0.39 is 0 Å². The first-order valence-electron chi connectivity index (χ1n) is 9.82. The smallest absolute Gasteiger partial charge is 0.254 e. The number of methoxy groups -OCH3 is 1. The molecule has 1 aliphatic heterocycles. The maximum Gasteiger partial charge on any atom is 0.254 e. The lowest BCUT2D eigenvalue weighted by molar-refractivity contribution is 0.0456. The quantitative estimate of drug-likeness (QED) is 0.673. The van der Waals surface area contributed by atoms with E-state index in [-0.39, 0.29) is 12.0 Å². The minimum absolute atomic E-state index is 0.0237. The minimum Gasteiger partial charge on any atom is -0.383 e. The van der Waals surface area contributed by atoms with Gasteiger partial charge >= 0.3 is 0 Å². The largest absolute Gasteiger partial charge is 0.383 e. The van der Waals surface area contributed by atoms with Crippen LogP contribution in [0.2, 0.25) is 0 Å². The summed E-state index contributed by atoms with van der Waals surface area (Å²) in [6.45, 7) is 2.47. The molecule has 1 N–H and O–H groups in total. The number of benzene rings is 2. The van der Waals surface area contributed by atoms with Gasteiger partial charge in [-0.3, -0.25) is 4.79 Å². The van der Waals surface area contributed by atoms with Crippen LogP contribution >= 0.6 is 0 Å². The summed E-state index contributed by atoms with van der Waals surface area (Å²) in [4.78, 5) is 18.3. The fraction of sp³-hybridized carbons (Fsp3) is 0.348. The molecule has 28 heavy (non-hydrogen) atoms. The summed E-state index contributed by atoms with van der Waals surface area (Å²) in [5.41, 5.74) is 3.95. The predicted octanol–water partition coefficient (Wildman–Crippen LogP) is 4.10. The monoisotopic (exact) mass is 378 g/mol. The van der Waals surface area contributed by atoms with Crippen LogP contribution in [-0.2, 0) is 9.47 Å². The Hall–Kier alpha value is -2.63. The van der Waals surface area contributed by atoms with Crippen molar-refractivity contribution < 1.29 is 14.3 Å². The van der Waals surface area contributed by atoms with E-state index >= 15 is 0 Å². The number of carbonyl (C=O) groups excluding carboxylic acids is 1. The van der Waals surface area contributed by atoms with Gasteiger partial charge in [-0.05, 0) is 48.2 Å². The summed E-state index contributed by atoms with van der Waals surface area (Å²) in [6, 6.07) is 16.1. The lowest BCUT2D eigenvalue weighted by Gasteiger charge is -2.25. The lowest BCUT2D eigenvalue weighted by atomic mass is 9.99. The Balaban J connectivity index is 1.61. The van der Waals surface area contributed by atoms with Crippen molar-refractivity contribution in [1.29, 1.82) is 0 Å². The van der Waals surface area contributed by atoms with Gasteiger partial charge in [0.05, 0.1) is 12.7 Å². The Labute approximate surface area is 165 Å². The number of amides is 1. The molecule has 0 unspecified atom stereocenters. The number of rotatable bonds is 7. The molecule has 4 rings (SSSR count). The second-order valence-corrected chi connectivity index (χ2v) is 7.20. The molecule has 146 valence electrons. The molecule has 0 bridgehead atoms. The fourth-order valence-corrected chi connectivity index (χ4v) is 3.85. The molecule has 0 aliphatic carbocycles. The Morgan fingerprint density at radius 1 is 1.25 bits per heavy atom. The first-order valence-corrected chi connectivity index (χ1v) is 9.82. The number of hydrogen-bond donors (Lipinski definition) is 1. The molecule has 1 aliphatic rings. The molecule has 1 atom stereocenters. The molecule has 5 nitrogen and oxygen atoms in total. The van der Waals surface area contributed by atoms with E-state index in [1.807, 2.05) is 35.4 Å². The van der Waals surface area contributed by atoms with Crippen LogP contribution in [0.1, 0.15) is 23.2 Å². The van der Waals surface area contributed by atoms with Gasteiger partial charge in [-0.1, -0.05) is 24.3 Å². The van der Waals surface area contributed by atoms with Gasteiger partial charge in [-0.2, -0.15) is 0 Å². The molecule has 1 saturated heterocycles. The van der Waals surface area contributed by atoms with Crippen molar-refractivity contribution in [3.63, 3.8) is 0 Å². The molecule has 2 aromatic carbocycles. The second-order valence-electron chi connectivity index (χ2n) is 7.20. The fourth-order valence-electron chi connectivity index (χ4n) is 3.85. The zero-order valence-corrected chi connectivity index (χ0v) is 16.2. The number of fused-ring (bicyclic) bond motifs is 1. The summed E-state index contributed by atoms with van der Waals surface area (Å²) in [5, 5.41) is 1.16. The number of nitrogens with zero attached hydrogens (tertiary/aromatic N) is 1. The molecule has 5 heteroatoms. The number of hydrogen-bond acceptors (Lipinski definition) is 3. The highest BCUT2D eigenvalue weighted by Crippen LogP contribution is 2.29. The van der Waals surface area contributed by atoms with Gasteiger partial charge in [0.2, 0.25) is 0 Å². The molecule has 3 aromatic rings. The first kappa shape index (κ1) is 18.7. The summed E-state index contributed by atoms with van der Waals surface area (Å²) >= 11 is 0. The standard InChI is InChI=1S/C23H26N2O3/c1-27-14-12-25(16-19-7-4-13-28-19)23(26)18-6-2-5-17(15-18)20-8-3-9-22-21(20)10-11-24-22/h2-3,5-6,8-11,15,19,24H,4,7,12-14,16H2,1H3/t19-/m0/s1. The number of nitrogens with one attached hydrogen (secondary N) is 1. The molecular formula is C23H26N2O3. The predicted molar refractivity (Wildman–Crippen MR) is 110 cm³/mol. The van der Waals surface area contributed by atoms with Gasteiger partial charge in [-0.25, -0.2) is 0 Å². The first-order chi connectivity index (χ1) is 13.8. The molecule has 1 fully saturated rings. The van der Waals surface area contributed by atoms with Crippen molar-refractivity contribution in [3.8, 4) is 11.1 Å². The molecule has 0 saturated carbocycles. The molecule has 1 amide bonds. The van der Waals surface area contributed by atoms with E-state index in [9.17, 15) is 4.79 Å². The van der Waals surface area contributed by atoms with Gasteiger partial charge in [0, 0.05) is 49.5 Å². The highest BCUT2D eigenvalue weighted by molar-refractivity contribution is 5.99. The number of aromatic amines is 1. The van der Waals surface area contributed by atoms with Crippen molar-refractivity contribution in [2.75, 3.05) is 33.4 Å². The number of aromatic nitrogens is 1. The van der Waals surface area contributed by atoms with E-state index in [1.165, 1.54) is 0 Å². The Kier molecular flexibility index (Phi) is 5.74. The molecule has 2 heterocycles. The average Bonchev–Trinajstić information content (AvgIpc) is 3.42. The molecule has 0 radical (unpaired) electrons. The van der Waals surface area contributed by atoms with E-state index in [2.05, 4.69) is 29.2 Å². The SMILES string of the molecule is COCCN(C[C@@H]1CCCO1)C(=O)c1cccc(-c2cccc3[nH]ccc23)c1. The normalized spacial score (nSPS) is 16.5. The zero-order valence-electron chi connectivity index (χ0n) is 16.2. The Bertz CT molecular complexity index is 944. The van der Waals surface area contributed by atoms with Gasteiger partial charge in [-0.15, -0.1) is 0 Å².